The Morgan fingerprint density at radius 1 is 1.28 bits per heavy atom. The highest BCUT2D eigenvalue weighted by Crippen LogP contribution is 2.32. The largest absolute Gasteiger partial charge is 0.493 e. The van der Waals surface area contributed by atoms with Crippen molar-refractivity contribution in [1.29, 1.82) is 0 Å². The number of nitrogens with zero attached hydrogens (tertiary/aromatic N) is 1. The van der Waals surface area contributed by atoms with Gasteiger partial charge in [0.15, 0.2) is 0 Å². The first-order valence-corrected chi connectivity index (χ1v) is 8.87. The standard InChI is InChI=1S/C18H25FN2O4/c19-13-3-4-15-16(2-1-9-25-17(15)12-13)20-18(23)21(7-8-22)14-5-10-24-11-6-14/h3-4,12,14,16,22H,1-2,5-11H2,(H,20,23). The van der Waals surface area contributed by atoms with E-state index in [1.54, 1.807) is 11.0 Å². The Bertz CT molecular complexity index is 592. The molecule has 3 rings (SSSR count). The predicted molar refractivity (Wildman–Crippen MR) is 90.0 cm³/mol. The van der Waals surface area contributed by atoms with Crippen LogP contribution in [-0.4, -0.2) is 55.1 Å². The number of aliphatic hydroxyl groups excluding tert-OH is 1. The van der Waals surface area contributed by atoms with Crippen LogP contribution in [0.4, 0.5) is 9.18 Å². The van der Waals surface area contributed by atoms with Crippen LogP contribution in [0, 0.1) is 5.82 Å². The fourth-order valence-electron chi connectivity index (χ4n) is 3.48. The molecule has 1 saturated heterocycles. The first-order valence-electron chi connectivity index (χ1n) is 8.87. The number of hydrogen-bond acceptors (Lipinski definition) is 4. The second-order valence-corrected chi connectivity index (χ2v) is 6.44. The molecule has 25 heavy (non-hydrogen) atoms. The molecule has 0 bridgehead atoms. The Labute approximate surface area is 146 Å². The lowest BCUT2D eigenvalue weighted by Crippen LogP contribution is -2.50. The number of fused-ring (bicyclic) bond motifs is 1. The summed E-state index contributed by atoms with van der Waals surface area (Å²) in [6, 6.07) is 4.05. The Morgan fingerprint density at radius 3 is 2.84 bits per heavy atom. The lowest BCUT2D eigenvalue weighted by Gasteiger charge is -2.35. The maximum atomic E-state index is 13.5. The molecule has 2 aliphatic rings. The molecule has 1 atom stereocenters. The Hall–Kier alpha value is -1.86. The van der Waals surface area contributed by atoms with E-state index in [0.717, 1.165) is 31.2 Å². The van der Waals surface area contributed by atoms with Gasteiger partial charge in [-0.25, -0.2) is 9.18 Å². The van der Waals surface area contributed by atoms with Crippen LogP contribution in [-0.2, 0) is 4.74 Å². The van der Waals surface area contributed by atoms with Crippen molar-refractivity contribution in [1.82, 2.24) is 10.2 Å². The number of ether oxygens (including phenoxy) is 2. The highest BCUT2D eigenvalue weighted by atomic mass is 19.1. The number of amides is 2. The fraction of sp³-hybridized carbons (Fsp3) is 0.611. The van der Waals surface area contributed by atoms with Gasteiger partial charge in [0.1, 0.15) is 11.6 Å². The van der Waals surface area contributed by atoms with E-state index < -0.39 is 0 Å². The minimum Gasteiger partial charge on any atom is -0.493 e. The van der Waals surface area contributed by atoms with Gasteiger partial charge in [0.25, 0.3) is 0 Å². The number of halogens is 1. The third kappa shape index (κ3) is 4.41. The van der Waals surface area contributed by atoms with Gasteiger partial charge in [-0.15, -0.1) is 0 Å². The van der Waals surface area contributed by atoms with Crippen LogP contribution in [0.2, 0.25) is 0 Å². The molecule has 1 aromatic rings. The molecule has 0 saturated carbocycles. The van der Waals surface area contributed by atoms with Crippen molar-refractivity contribution in [3.63, 3.8) is 0 Å². The van der Waals surface area contributed by atoms with Crippen molar-refractivity contribution in [3.05, 3.63) is 29.6 Å². The zero-order valence-electron chi connectivity index (χ0n) is 14.2. The predicted octanol–water partition coefficient (Wildman–Crippen LogP) is 2.22. The summed E-state index contributed by atoms with van der Waals surface area (Å²) in [7, 11) is 0. The normalized spacial score (nSPS) is 21.0. The monoisotopic (exact) mass is 352 g/mol. The lowest BCUT2D eigenvalue weighted by atomic mass is 10.0. The minimum atomic E-state index is -0.352. The average molecular weight is 352 g/mol. The Morgan fingerprint density at radius 2 is 2.08 bits per heavy atom. The lowest BCUT2D eigenvalue weighted by molar-refractivity contribution is 0.0407. The van der Waals surface area contributed by atoms with E-state index in [4.69, 9.17) is 9.47 Å². The van der Waals surface area contributed by atoms with Gasteiger partial charge in [-0.05, 0) is 31.7 Å². The van der Waals surface area contributed by atoms with Crippen molar-refractivity contribution in [2.24, 2.45) is 0 Å². The first kappa shape index (κ1) is 17.9. The smallest absolute Gasteiger partial charge is 0.318 e. The van der Waals surface area contributed by atoms with Crippen LogP contribution < -0.4 is 10.1 Å². The highest BCUT2D eigenvalue weighted by Gasteiger charge is 2.28. The number of nitrogens with one attached hydrogen (secondary N) is 1. The molecule has 2 amide bonds. The summed E-state index contributed by atoms with van der Waals surface area (Å²) in [4.78, 5) is 14.5. The van der Waals surface area contributed by atoms with E-state index in [9.17, 15) is 14.3 Å². The van der Waals surface area contributed by atoms with Gasteiger partial charge < -0.3 is 24.8 Å². The van der Waals surface area contributed by atoms with E-state index in [1.807, 2.05) is 0 Å². The maximum Gasteiger partial charge on any atom is 0.318 e. The first-order chi connectivity index (χ1) is 12.2. The number of aliphatic hydroxyl groups is 1. The fourth-order valence-corrected chi connectivity index (χ4v) is 3.48. The van der Waals surface area contributed by atoms with Gasteiger partial charge in [-0.1, -0.05) is 6.07 Å². The minimum absolute atomic E-state index is 0.0654. The quantitative estimate of drug-likeness (QED) is 0.872. The van der Waals surface area contributed by atoms with Crippen LogP contribution >= 0.6 is 0 Å². The van der Waals surface area contributed by atoms with Gasteiger partial charge in [0.05, 0.1) is 19.3 Å². The van der Waals surface area contributed by atoms with Crippen LogP contribution in [0.5, 0.6) is 5.75 Å². The molecule has 0 radical (unpaired) electrons. The second-order valence-electron chi connectivity index (χ2n) is 6.44. The number of benzene rings is 1. The molecular formula is C18H25FN2O4. The number of carbonyl (C=O) groups is 1. The summed E-state index contributed by atoms with van der Waals surface area (Å²) < 4.78 is 24.4. The summed E-state index contributed by atoms with van der Waals surface area (Å²) in [6.45, 7) is 1.96. The molecule has 138 valence electrons. The van der Waals surface area contributed by atoms with Crippen molar-refractivity contribution in [3.8, 4) is 5.75 Å². The van der Waals surface area contributed by atoms with Gasteiger partial charge in [0, 0.05) is 37.4 Å². The molecule has 1 unspecified atom stereocenters. The number of hydrogen-bond donors (Lipinski definition) is 2. The molecule has 2 heterocycles. The van der Waals surface area contributed by atoms with Gasteiger partial charge in [-0.2, -0.15) is 0 Å². The summed E-state index contributed by atoms with van der Waals surface area (Å²) in [5.74, 6) is 0.136. The zero-order valence-corrected chi connectivity index (χ0v) is 14.2. The van der Waals surface area contributed by atoms with Crippen molar-refractivity contribution in [2.75, 3.05) is 33.0 Å². The number of carbonyl (C=O) groups excluding carboxylic acids is 1. The van der Waals surface area contributed by atoms with E-state index in [-0.39, 0.29) is 37.1 Å². The number of urea groups is 1. The van der Waals surface area contributed by atoms with Crippen LogP contribution in [0.15, 0.2) is 18.2 Å². The molecule has 0 spiro atoms. The summed E-state index contributed by atoms with van der Waals surface area (Å²) in [6.07, 6.45) is 3.04. The SMILES string of the molecule is O=C(NC1CCCOc2cc(F)ccc21)N(CCO)C1CCOCC1. The molecule has 6 nitrogen and oxygen atoms in total. The van der Waals surface area contributed by atoms with E-state index >= 15 is 0 Å². The van der Waals surface area contributed by atoms with Crippen molar-refractivity contribution in [2.45, 2.75) is 37.8 Å². The topological polar surface area (TPSA) is 71.0 Å². The van der Waals surface area contributed by atoms with Crippen LogP contribution in [0.3, 0.4) is 0 Å². The van der Waals surface area contributed by atoms with Crippen LogP contribution in [0.25, 0.3) is 0 Å². The van der Waals surface area contributed by atoms with E-state index in [1.165, 1.54) is 12.1 Å². The molecule has 1 fully saturated rings. The molecule has 0 aliphatic carbocycles. The summed E-state index contributed by atoms with van der Waals surface area (Å²) in [5, 5.41) is 12.4. The van der Waals surface area contributed by atoms with Crippen LogP contribution in [0.1, 0.15) is 37.3 Å². The van der Waals surface area contributed by atoms with Crippen molar-refractivity contribution < 1.29 is 23.8 Å². The Kier molecular flexibility index (Phi) is 6.09. The van der Waals surface area contributed by atoms with Gasteiger partial charge in [0.2, 0.25) is 0 Å². The third-order valence-corrected chi connectivity index (χ3v) is 4.78. The highest BCUT2D eigenvalue weighted by molar-refractivity contribution is 5.75. The second kappa shape index (κ2) is 8.49. The van der Waals surface area contributed by atoms with Gasteiger partial charge >= 0.3 is 6.03 Å². The molecule has 1 aromatic carbocycles. The van der Waals surface area contributed by atoms with Gasteiger partial charge in [-0.3, -0.25) is 0 Å². The maximum absolute atomic E-state index is 13.5. The average Bonchev–Trinajstić information content (AvgIpc) is 2.82. The summed E-state index contributed by atoms with van der Waals surface area (Å²) in [5.41, 5.74) is 0.795. The molecule has 2 N–H and O–H groups in total. The van der Waals surface area contributed by atoms with E-state index in [2.05, 4.69) is 5.32 Å². The molecule has 2 aliphatic heterocycles. The Balaban J connectivity index is 1.74. The number of rotatable bonds is 4. The summed E-state index contributed by atoms with van der Waals surface area (Å²) >= 11 is 0. The molecule has 0 aromatic heterocycles. The molecular weight excluding hydrogens is 327 g/mol. The van der Waals surface area contributed by atoms with Crippen molar-refractivity contribution >= 4 is 6.03 Å². The molecule has 7 heteroatoms. The zero-order chi connectivity index (χ0) is 17.6. The van der Waals surface area contributed by atoms with E-state index in [0.29, 0.717) is 25.6 Å². The third-order valence-electron chi connectivity index (χ3n) is 4.78.